The van der Waals surface area contributed by atoms with Gasteiger partial charge in [-0.3, -0.25) is 0 Å². The normalized spacial score (nSPS) is 14.2. The summed E-state index contributed by atoms with van der Waals surface area (Å²) in [6, 6.07) is 25.8. The van der Waals surface area contributed by atoms with Gasteiger partial charge in [-0.25, -0.2) is 0 Å². The van der Waals surface area contributed by atoms with Gasteiger partial charge in [0.15, 0.2) is 6.54 Å². The van der Waals surface area contributed by atoms with Crippen molar-refractivity contribution >= 4 is 66.6 Å². The number of aliphatic hydroxyl groups excluding tert-OH is 2. The summed E-state index contributed by atoms with van der Waals surface area (Å²) in [5.74, 6) is 0. The highest BCUT2D eigenvalue weighted by Gasteiger charge is 2.26. The van der Waals surface area contributed by atoms with Gasteiger partial charge in [0.25, 0.3) is 5.01 Å². The zero-order valence-electron chi connectivity index (χ0n) is 28.7. The minimum absolute atomic E-state index is 0.0211. The predicted octanol–water partition coefficient (Wildman–Crippen LogP) is 7.13. The van der Waals surface area contributed by atoms with Crippen LogP contribution in [-0.4, -0.2) is 82.8 Å². The molecule has 8 nitrogen and oxygen atoms in total. The van der Waals surface area contributed by atoms with E-state index in [0.717, 1.165) is 23.1 Å². The molecule has 5 aromatic rings. The van der Waals surface area contributed by atoms with Crippen LogP contribution in [0.3, 0.4) is 0 Å². The van der Waals surface area contributed by atoms with Crippen LogP contribution in [0.1, 0.15) is 5.01 Å². The molecule has 1 aromatic heterocycles. The maximum absolute atomic E-state index is 8.90. The summed E-state index contributed by atoms with van der Waals surface area (Å²) in [6.45, 7) is 5.23. The van der Waals surface area contributed by atoms with Crippen LogP contribution in [-0.2, 0) is 25.5 Å². The second-order valence-corrected chi connectivity index (χ2v) is 13.7. The van der Waals surface area contributed by atoms with Crippen LogP contribution in [0.25, 0.3) is 37.8 Å². The fraction of sp³-hybridized carbons (Fsp3) is 0.293. The van der Waals surface area contributed by atoms with E-state index in [9.17, 15) is 0 Å². The first kappa shape index (κ1) is 36.9. The number of hydrogen-bond acceptors (Lipinski definition) is 9. The van der Waals surface area contributed by atoms with E-state index < -0.39 is 0 Å². The highest BCUT2D eigenvalue weighted by molar-refractivity contribution is 8.04. The van der Waals surface area contributed by atoms with Gasteiger partial charge in [0, 0.05) is 29.0 Å². The molecule has 0 saturated heterocycles. The highest BCUT2D eigenvalue weighted by atomic mass is 32.2. The number of thiazole rings is 1. The number of aromatic nitrogens is 1. The van der Waals surface area contributed by atoms with Gasteiger partial charge in [-0.15, -0.1) is 0 Å². The first-order chi connectivity index (χ1) is 25.3. The third kappa shape index (κ3) is 9.73. The molecule has 0 fully saturated rings. The van der Waals surface area contributed by atoms with Gasteiger partial charge >= 0.3 is 0 Å². The lowest BCUT2D eigenvalue weighted by atomic mass is 10.1. The second kappa shape index (κ2) is 19.7. The lowest BCUT2D eigenvalue weighted by Gasteiger charge is -2.20. The summed E-state index contributed by atoms with van der Waals surface area (Å²) < 4.78 is 25.9. The number of rotatable bonds is 20. The third-order valence-electron chi connectivity index (χ3n) is 8.30. The topological polar surface area (TPSA) is 84.5 Å². The molecule has 51 heavy (non-hydrogen) atoms. The molecule has 0 amide bonds. The Hall–Kier alpha value is -3.84. The minimum atomic E-state index is 0.0211. The highest BCUT2D eigenvalue weighted by Crippen LogP contribution is 2.49. The molecule has 0 atom stereocenters. The fourth-order valence-electron chi connectivity index (χ4n) is 5.92. The minimum Gasteiger partial charge on any atom is -0.394 e. The third-order valence-corrected chi connectivity index (χ3v) is 10.7. The lowest BCUT2D eigenvalue weighted by molar-refractivity contribution is -0.670. The van der Waals surface area contributed by atoms with E-state index >= 15 is 0 Å². The van der Waals surface area contributed by atoms with Gasteiger partial charge in [-0.2, -0.15) is 4.57 Å². The lowest BCUT2D eigenvalue weighted by Crippen LogP contribution is -2.37. The number of hydrogen-bond donors (Lipinski definition) is 2. The van der Waals surface area contributed by atoms with E-state index in [-0.39, 0.29) is 13.2 Å². The Labute approximate surface area is 307 Å². The Morgan fingerprint density at radius 3 is 2.02 bits per heavy atom. The maximum Gasteiger partial charge on any atom is 0.262 e. The fourth-order valence-corrected chi connectivity index (χ4v) is 8.39. The summed E-state index contributed by atoms with van der Waals surface area (Å²) >= 11 is 3.58. The van der Waals surface area contributed by atoms with Gasteiger partial charge in [0.05, 0.1) is 70.2 Å². The second-order valence-electron chi connectivity index (χ2n) is 11.6. The molecule has 1 aliphatic rings. The van der Waals surface area contributed by atoms with Crippen molar-refractivity contribution < 1.29 is 33.7 Å². The smallest absolute Gasteiger partial charge is 0.262 e. The molecule has 4 aromatic carbocycles. The predicted molar refractivity (Wildman–Crippen MR) is 210 cm³/mol. The molecule has 0 aliphatic carbocycles. The van der Waals surface area contributed by atoms with Crippen molar-refractivity contribution in [3.63, 3.8) is 0 Å². The van der Waals surface area contributed by atoms with Crippen LogP contribution >= 0.6 is 23.1 Å². The molecule has 0 spiro atoms. The van der Waals surface area contributed by atoms with Crippen LogP contribution in [0.2, 0.25) is 0 Å². The summed E-state index contributed by atoms with van der Waals surface area (Å²) in [5, 5.41) is 25.1. The van der Waals surface area contributed by atoms with Crippen molar-refractivity contribution in [1.29, 1.82) is 0 Å². The summed E-state index contributed by atoms with van der Waals surface area (Å²) in [4.78, 5) is 3.59. The Morgan fingerprint density at radius 2 is 1.25 bits per heavy atom. The molecule has 10 heteroatoms. The van der Waals surface area contributed by atoms with E-state index in [0.29, 0.717) is 52.9 Å². The zero-order valence-corrected chi connectivity index (χ0v) is 30.3. The Bertz CT molecular complexity index is 2000. The number of aliphatic hydroxyl groups is 2. The number of nitrogens with zero attached hydrogens (tertiary/aromatic N) is 2. The van der Waals surface area contributed by atoms with Gasteiger partial charge in [-0.05, 0) is 34.4 Å². The average Bonchev–Trinajstić information content (AvgIpc) is 3.71. The molecule has 2 N–H and O–H groups in total. The number of benzene rings is 4. The van der Waals surface area contributed by atoms with Crippen LogP contribution in [0.15, 0.2) is 119 Å². The van der Waals surface area contributed by atoms with E-state index in [2.05, 4.69) is 125 Å². The molecular weight excluding hydrogens is 681 g/mol. The van der Waals surface area contributed by atoms with Gasteiger partial charge in [0.1, 0.15) is 11.3 Å². The first-order valence-corrected chi connectivity index (χ1v) is 19.0. The number of anilines is 1. The van der Waals surface area contributed by atoms with Crippen molar-refractivity contribution in [2.75, 3.05) is 77.5 Å². The molecule has 1 aliphatic heterocycles. The van der Waals surface area contributed by atoms with E-state index in [4.69, 9.17) is 29.2 Å². The molecule has 0 bridgehead atoms. The molecule has 266 valence electrons. The van der Waals surface area contributed by atoms with E-state index in [1.807, 2.05) is 0 Å². The average molecular weight is 726 g/mol. The van der Waals surface area contributed by atoms with Crippen molar-refractivity contribution in [3.8, 4) is 0 Å². The van der Waals surface area contributed by atoms with Crippen molar-refractivity contribution in [2.24, 2.45) is 0 Å². The maximum atomic E-state index is 8.90. The molecule has 0 radical (unpaired) electrons. The van der Waals surface area contributed by atoms with Gasteiger partial charge in [0.2, 0.25) is 5.52 Å². The quantitative estimate of drug-likeness (QED) is 0.0499. The molecule has 0 unspecified atom stereocenters. The molecule has 0 saturated carbocycles. The van der Waals surface area contributed by atoms with E-state index in [1.165, 1.54) is 42.3 Å². The molecule has 6 rings (SSSR count). The summed E-state index contributed by atoms with van der Waals surface area (Å²) in [5.41, 5.74) is 2.39. The standard InChI is InChI=1S/C41H45N2O6S2/c44-22-26-48-30-28-46-24-20-42-36-18-16-32-10-6-8-12-34(32)40(36)50-38(42)14-4-2-1-3-5-15-39-43(21-25-47-29-31-49-27-23-45)37-19-17-33-11-7-9-13-35(33)41(37)51-39/h1-19,44-45H,20-31H2/q+1. The van der Waals surface area contributed by atoms with Gasteiger partial charge in [-0.1, -0.05) is 108 Å². The summed E-state index contributed by atoms with van der Waals surface area (Å²) in [6.07, 6.45) is 14.7. The van der Waals surface area contributed by atoms with E-state index in [1.54, 1.807) is 23.1 Å². The number of thioether (sulfide) groups is 1. The van der Waals surface area contributed by atoms with Crippen LogP contribution in [0.5, 0.6) is 0 Å². The molecular formula is C41H45N2O6S2+. The molecule has 2 heterocycles. The monoisotopic (exact) mass is 725 g/mol. The van der Waals surface area contributed by atoms with Crippen molar-refractivity contribution in [1.82, 2.24) is 0 Å². The largest absolute Gasteiger partial charge is 0.394 e. The number of fused-ring (bicyclic) bond motifs is 6. The van der Waals surface area contributed by atoms with Crippen molar-refractivity contribution in [3.05, 3.63) is 119 Å². The number of ether oxygens (including phenoxy) is 4. The Morgan fingerprint density at radius 1 is 0.627 bits per heavy atom. The van der Waals surface area contributed by atoms with Crippen LogP contribution < -0.4 is 9.47 Å². The summed E-state index contributed by atoms with van der Waals surface area (Å²) in [7, 11) is 0. The SMILES string of the molecule is OCCOCCOCCN1/C(=C/C=C/C=C/C=C/c2sc3c4ccccc4ccc3[n+]2CCOCCOCCO)Sc2c1ccc1ccccc21. The van der Waals surface area contributed by atoms with Crippen LogP contribution in [0.4, 0.5) is 5.69 Å². The zero-order chi connectivity index (χ0) is 35.1. The number of allylic oxidation sites excluding steroid dienone is 6. The van der Waals surface area contributed by atoms with Crippen LogP contribution in [0, 0.1) is 0 Å². The van der Waals surface area contributed by atoms with Crippen molar-refractivity contribution in [2.45, 2.75) is 11.4 Å². The van der Waals surface area contributed by atoms with Gasteiger partial charge < -0.3 is 34.1 Å². The first-order valence-electron chi connectivity index (χ1n) is 17.3. The Balaban J connectivity index is 1.13. The Kier molecular flexibility index (Phi) is 14.3.